The largest absolute Gasteiger partial charge is 0.299 e. The van der Waals surface area contributed by atoms with Crippen molar-refractivity contribution in [3.63, 3.8) is 0 Å². The Labute approximate surface area is 148 Å². The van der Waals surface area contributed by atoms with Crippen LogP contribution in [0.4, 0.5) is 0 Å². The van der Waals surface area contributed by atoms with E-state index in [1.807, 2.05) is 30.9 Å². The van der Waals surface area contributed by atoms with E-state index >= 15 is 0 Å². The number of fused-ring (bicyclic) bond motifs is 2. The molecule has 0 unspecified atom stereocenters. The first-order valence-corrected chi connectivity index (χ1v) is 9.26. The maximum absolute atomic E-state index is 13.0. The Hall–Kier alpha value is -1.39. The molecular weight excluding hydrogens is 322 g/mol. The molecule has 1 saturated heterocycles. The molecule has 1 aliphatic carbocycles. The summed E-state index contributed by atoms with van der Waals surface area (Å²) in [6.45, 7) is 7.70. The van der Waals surface area contributed by atoms with Gasteiger partial charge in [-0.2, -0.15) is 0 Å². The van der Waals surface area contributed by atoms with E-state index in [0.717, 1.165) is 49.9 Å². The van der Waals surface area contributed by atoms with Crippen LogP contribution in [-0.4, -0.2) is 46.7 Å². The minimum Gasteiger partial charge on any atom is -0.299 e. The first-order valence-electron chi connectivity index (χ1n) is 8.88. The lowest BCUT2D eigenvalue weighted by atomic mass is 9.85. The number of hydrogen-bond acceptors (Lipinski definition) is 3. The molecule has 3 aliphatic rings. The van der Waals surface area contributed by atoms with Gasteiger partial charge in [-0.25, -0.2) is 0 Å². The monoisotopic (exact) mass is 345 g/mol. The molecule has 1 aromatic carbocycles. The van der Waals surface area contributed by atoms with E-state index in [4.69, 9.17) is 16.6 Å². The Morgan fingerprint density at radius 1 is 1.29 bits per heavy atom. The number of amides is 1. The number of rotatable bonds is 3. The van der Waals surface area contributed by atoms with Crippen LogP contribution in [0.5, 0.6) is 0 Å². The standard InChI is InChI=1S/C19H24ClN3O/c1-3-23-13(2)21-19(18(23)24)9-8-15-11-22(12-17(15)19)10-14-4-6-16(20)7-5-14/h4-7,15,17H,3,8-12H2,1-2H3/t15-,17+,19-/m1/s1. The molecule has 0 aromatic heterocycles. The van der Waals surface area contributed by atoms with Gasteiger partial charge in [-0.3, -0.25) is 19.6 Å². The van der Waals surface area contributed by atoms with Crippen molar-refractivity contribution in [2.45, 2.75) is 38.8 Å². The summed E-state index contributed by atoms with van der Waals surface area (Å²) in [5.74, 6) is 2.10. The fourth-order valence-corrected chi connectivity index (χ4v) is 5.04. The smallest absolute Gasteiger partial charge is 0.256 e. The molecule has 2 heterocycles. The summed E-state index contributed by atoms with van der Waals surface area (Å²) in [5, 5.41) is 0.775. The van der Waals surface area contributed by atoms with Gasteiger partial charge in [0.2, 0.25) is 0 Å². The van der Waals surface area contributed by atoms with Gasteiger partial charge in [-0.1, -0.05) is 23.7 Å². The second-order valence-corrected chi connectivity index (χ2v) is 7.79. The quantitative estimate of drug-likeness (QED) is 0.843. The number of halogens is 1. The van der Waals surface area contributed by atoms with Crippen LogP contribution in [0.25, 0.3) is 0 Å². The number of carbonyl (C=O) groups is 1. The molecule has 2 fully saturated rings. The highest BCUT2D eigenvalue weighted by Gasteiger charge is 2.60. The van der Waals surface area contributed by atoms with Gasteiger partial charge in [-0.05, 0) is 50.3 Å². The van der Waals surface area contributed by atoms with Crippen molar-refractivity contribution in [3.8, 4) is 0 Å². The summed E-state index contributed by atoms with van der Waals surface area (Å²) in [6, 6.07) is 8.08. The van der Waals surface area contributed by atoms with Gasteiger partial charge >= 0.3 is 0 Å². The molecule has 2 aliphatic heterocycles. The maximum atomic E-state index is 13.0. The fraction of sp³-hybridized carbons (Fsp3) is 0.579. The van der Waals surface area contributed by atoms with E-state index in [1.54, 1.807) is 0 Å². The molecule has 3 atom stereocenters. The lowest BCUT2D eigenvalue weighted by molar-refractivity contribution is -0.132. The number of carbonyl (C=O) groups excluding carboxylic acids is 1. The average molecular weight is 346 g/mol. The number of aliphatic imine (C=N–C) groups is 1. The van der Waals surface area contributed by atoms with Crippen LogP contribution >= 0.6 is 11.6 Å². The zero-order valence-corrected chi connectivity index (χ0v) is 15.1. The minimum absolute atomic E-state index is 0.239. The third kappa shape index (κ3) is 2.39. The van der Waals surface area contributed by atoms with Crippen LogP contribution < -0.4 is 0 Å². The van der Waals surface area contributed by atoms with Gasteiger partial charge in [0.1, 0.15) is 11.4 Å². The number of hydrogen-bond donors (Lipinski definition) is 0. The average Bonchev–Trinajstić information content (AvgIpc) is 3.17. The van der Waals surface area contributed by atoms with Crippen LogP contribution in [0.3, 0.4) is 0 Å². The lowest BCUT2D eigenvalue weighted by Gasteiger charge is -2.28. The van der Waals surface area contributed by atoms with Gasteiger partial charge in [0.05, 0.1) is 0 Å². The molecule has 0 radical (unpaired) electrons. The number of benzene rings is 1. The predicted octanol–water partition coefficient (Wildman–Crippen LogP) is 3.20. The molecule has 0 N–H and O–H groups in total. The van der Waals surface area contributed by atoms with Crippen LogP contribution in [0.2, 0.25) is 5.02 Å². The summed E-state index contributed by atoms with van der Waals surface area (Å²) in [4.78, 5) is 22.2. The van der Waals surface area contributed by atoms with Crippen LogP contribution in [0.15, 0.2) is 29.3 Å². The van der Waals surface area contributed by atoms with E-state index in [2.05, 4.69) is 17.0 Å². The summed E-state index contributed by atoms with van der Waals surface area (Å²) in [7, 11) is 0. The second-order valence-electron chi connectivity index (χ2n) is 7.36. The van der Waals surface area contributed by atoms with Crippen molar-refractivity contribution in [2.75, 3.05) is 19.6 Å². The van der Waals surface area contributed by atoms with Gasteiger partial charge in [0.15, 0.2) is 0 Å². The van der Waals surface area contributed by atoms with Crippen LogP contribution in [-0.2, 0) is 11.3 Å². The minimum atomic E-state index is -0.473. The normalized spacial score (nSPS) is 32.7. The lowest BCUT2D eigenvalue weighted by Crippen LogP contribution is -2.46. The molecule has 1 saturated carbocycles. The highest BCUT2D eigenvalue weighted by atomic mass is 35.5. The van der Waals surface area contributed by atoms with E-state index in [0.29, 0.717) is 11.8 Å². The first kappa shape index (κ1) is 16.1. The number of likely N-dealkylation sites (tertiary alicyclic amines) is 1. The van der Waals surface area contributed by atoms with E-state index in [-0.39, 0.29) is 5.91 Å². The zero-order chi connectivity index (χ0) is 16.9. The van der Waals surface area contributed by atoms with E-state index < -0.39 is 5.54 Å². The molecule has 1 amide bonds. The molecule has 4 nitrogen and oxygen atoms in total. The zero-order valence-electron chi connectivity index (χ0n) is 14.3. The summed E-state index contributed by atoms with van der Waals surface area (Å²) < 4.78 is 0. The van der Waals surface area contributed by atoms with Gasteiger partial charge < -0.3 is 0 Å². The molecule has 24 heavy (non-hydrogen) atoms. The molecule has 5 heteroatoms. The second kappa shape index (κ2) is 5.85. The van der Waals surface area contributed by atoms with E-state index in [9.17, 15) is 4.79 Å². The van der Waals surface area contributed by atoms with Crippen molar-refractivity contribution in [2.24, 2.45) is 16.8 Å². The van der Waals surface area contributed by atoms with Crippen molar-refractivity contribution >= 4 is 23.3 Å². The molecule has 1 aromatic rings. The molecule has 0 bridgehead atoms. The Morgan fingerprint density at radius 2 is 2.04 bits per heavy atom. The van der Waals surface area contributed by atoms with Crippen LogP contribution in [0.1, 0.15) is 32.3 Å². The molecule has 4 rings (SSSR count). The summed E-state index contributed by atoms with van der Waals surface area (Å²) in [5.41, 5.74) is 0.806. The van der Waals surface area contributed by atoms with Gasteiger partial charge in [0.25, 0.3) is 5.91 Å². The van der Waals surface area contributed by atoms with Crippen molar-refractivity contribution in [3.05, 3.63) is 34.9 Å². The Kier molecular flexibility index (Phi) is 3.92. The Bertz CT molecular complexity index is 686. The van der Waals surface area contributed by atoms with Crippen molar-refractivity contribution < 1.29 is 4.79 Å². The van der Waals surface area contributed by atoms with Gasteiger partial charge in [-0.15, -0.1) is 0 Å². The van der Waals surface area contributed by atoms with Crippen LogP contribution in [0, 0.1) is 11.8 Å². The number of likely N-dealkylation sites (N-methyl/N-ethyl adjacent to an activating group) is 1. The van der Waals surface area contributed by atoms with Gasteiger partial charge in [0, 0.05) is 37.1 Å². The Balaban J connectivity index is 1.52. The number of nitrogens with zero attached hydrogens (tertiary/aromatic N) is 3. The molecular formula is C19H24ClN3O. The SMILES string of the molecule is CCN1C(=O)[C@]2(CC[C@@H]3CN(Cc4ccc(Cl)cc4)C[C@@H]32)N=C1C. The predicted molar refractivity (Wildman–Crippen MR) is 96.2 cm³/mol. The highest BCUT2D eigenvalue weighted by molar-refractivity contribution is 6.30. The fourth-order valence-electron chi connectivity index (χ4n) is 4.92. The molecule has 1 spiro atoms. The summed E-state index contributed by atoms with van der Waals surface area (Å²) >= 11 is 5.97. The Morgan fingerprint density at radius 3 is 2.71 bits per heavy atom. The highest BCUT2D eigenvalue weighted by Crippen LogP contribution is 2.50. The third-order valence-corrected chi connectivity index (χ3v) is 6.28. The van der Waals surface area contributed by atoms with E-state index in [1.165, 1.54) is 5.56 Å². The maximum Gasteiger partial charge on any atom is 0.256 e. The van der Waals surface area contributed by atoms with Crippen molar-refractivity contribution in [1.82, 2.24) is 9.80 Å². The third-order valence-electron chi connectivity index (χ3n) is 6.03. The van der Waals surface area contributed by atoms with Crippen molar-refractivity contribution in [1.29, 1.82) is 0 Å². The number of amidine groups is 1. The molecule has 128 valence electrons. The topological polar surface area (TPSA) is 35.9 Å². The first-order chi connectivity index (χ1) is 11.5. The summed E-state index contributed by atoms with van der Waals surface area (Å²) in [6.07, 6.45) is 2.03.